The van der Waals surface area contributed by atoms with E-state index in [2.05, 4.69) is 42.7 Å². The van der Waals surface area contributed by atoms with Crippen molar-refractivity contribution in [2.45, 2.75) is 19.6 Å². The molecule has 0 atom stereocenters. The van der Waals surface area contributed by atoms with Gasteiger partial charge in [0.2, 0.25) is 5.13 Å². The van der Waals surface area contributed by atoms with Gasteiger partial charge in [-0.3, -0.25) is 4.90 Å². The SMILES string of the molecule is S=c1sc(Nc2cccc(Br)c2)nn1CN1CCc2sccc2C1. The molecule has 4 rings (SSSR count). The lowest BCUT2D eigenvalue weighted by Gasteiger charge is -2.26. The zero-order valence-electron chi connectivity index (χ0n) is 12.7. The Kier molecular flexibility index (Phi) is 4.82. The lowest BCUT2D eigenvalue weighted by atomic mass is 10.1. The van der Waals surface area contributed by atoms with E-state index in [0.717, 1.165) is 45.4 Å². The van der Waals surface area contributed by atoms with E-state index >= 15 is 0 Å². The zero-order chi connectivity index (χ0) is 16.5. The minimum Gasteiger partial charge on any atom is -0.330 e. The Morgan fingerprint density at radius 3 is 3.12 bits per heavy atom. The predicted molar refractivity (Wildman–Crippen MR) is 107 cm³/mol. The normalized spacial score (nSPS) is 14.5. The summed E-state index contributed by atoms with van der Waals surface area (Å²) in [6, 6.07) is 10.3. The largest absolute Gasteiger partial charge is 0.330 e. The van der Waals surface area contributed by atoms with E-state index in [0.29, 0.717) is 0 Å². The van der Waals surface area contributed by atoms with Crippen molar-refractivity contribution in [1.82, 2.24) is 14.7 Å². The van der Waals surface area contributed by atoms with Gasteiger partial charge < -0.3 is 5.32 Å². The third kappa shape index (κ3) is 3.62. The van der Waals surface area contributed by atoms with Crippen molar-refractivity contribution in [1.29, 1.82) is 0 Å². The fourth-order valence-electron chi connectivity index (χ4n) is 2.75. The van der Waals surface area contributed by atoms with Crippen molar-refractivity contribution in [2.75, 3.05) is 11.9 Å². The van der Waals surface area contributed by atoms with E-state index in [9.17, 15) is 0 Å². The van der Waals surface area contributed by atoms with Crippen LogP contribution in [0.25, 0.3) is 0 Å². The van der Waals surface area contributed by atoms with Gasteiger partial charge in [0.05, 0.1) is 6.67 Å². The maximum Gasteiger partial charge on any atom is 0.209 e. The summed E-state index contributed by atoms with van der Waals surface area (Å²) in [4.78, 5) is 3.91. The Morgan fingerprint density at radius 1 is 1.33 bits per heavy atom. The number of nitrogens with zero attached hydrogens (tertiary/aromatic N) is 3. The molecule has 0 saturated carbocycles. The van der Waals surface area contributed by atoms with Crippen LogP contribution in [0.4, 0.5) is 10.8 Å². The van der Waals surface area contributed by atoms with Crippen LogP contribution in [0.2, 0.25) is 0 Å². The average Bonchev–Trinajstić information content (AvgIpc) is 3.14. The van der Waals surface area contributed by atoms with Gasteiger partial charge >= 0.3 is 0 Å². The summed E-state index contributed by atoms with van der Waals surface area (Å²) in [6.07, 6.45) is 1.12. The molecular weight excluding hydrogens is 424 g/mol. The molecule has 0 fully saturated rings. The molecular formula is C16H15BrN4S3. The molecule has 8 heteroatoms. The Labute approximate surface area is 161 Å². The first-order chi connectivity index (χ1) is 11.7. The molecule has 0 unspecified atom stereocenters. The minimum atomic E-state index is 0.741. The van der Waals surface area contributed by atoms with Gasteiger partial charge in [0.1, 0.15) is 0 Å². The highest BCUT2D eigenvalue weighted by atomic mass is 79.9. The fourth-order valence-corrected chi connectivity index (χ4v) is 5.05. The number of fused-ring (bicyclic) bond motifs is 1. The van der Waals surface area contributed by atoms with Crippen LogP contribution in [-0.4, -0.2) is 21.2 Å². The summed E-state index contributed by atoms with van der Waals surface area (Å²) in [6.45, 7) is 2.78. The first-order valence-corrected chi connectivity index (χ1v) is 10.5. The quantitative estimate of drug-likeness (QED) is 0.563. The van der Waals surface area contributed by atoms with Crippen molar-refractivity contribution in [3.8, 4) is 0 Å². The number of benzene rings is 1. The molecule has 1 aromatic carbocycles. The number of hydrogen-bond acceptors (Lipinski definition) is 6. The summed E-state index contributed by atoms with van der Waals surface area (Å²) >= 11 is 12.3. The third-order valence-electron chi connectivity index (χ3n) is 3.90. The number of hydrogen-bond donors (Lipinski definition) is 1. The fraction of sp³-hybridized carbons (Fsp3) is 0.250. The molecule has 124 valence electrons. The van der Waals surface area contributed by atoms with Gasteiger partial charge in [0.15, 0.2) is 3.95 Å². The van der Waals surface area contributed by atoms with Gasteiger partial charge in [0.25, 0.3) is 0 Å². The molecule has 0 bridgehead atoms. The zero-order valence-corrected chi connectivity index (χ0v) is 16.8. The number of rotatable bonds is 4. The molecule has 2 aromatic heterocycles. The van der Waals surface area contributed by atoms with Crippen LogP contribution in [-0.2, 0) is 19.6 Å². The van der Waals surface area contributed by atoms with Crippen LogP contribution < -0.4 is 5.32 Å². The number of thiophene rings is 1. The monoisotopic (exact) mass is 438 g/mol. The molecule has 0 spiro atoms. The van der Waals surface area contributed by atoms with Crippen LogP contribution in [0.1, 0.15) is 10.4 Å². The standard InChI is InChI=1S/C16H15BrN4S3/c17-12-2-1-3-13(8-12)18-15-19-21(16(22)24-15)10-20-6-4-14-11(9-20)5-7-23-14/h1-3,5,7-8H,4,6,9-10H2,(H,18,19). The van der Waals surface area contributed by atoms with Gasteiger partial charge in [-0.1, -0.05) is 33.3 Å². The Hall–Kier alpha value is -1.06. The molecule has 0 saturated heterocycles. The molecule has 3 heterocycles. The van der Waals surface area contributed by atoms with Gasteiger partial charge in [0, 0.05) is 28.1 Å². The predicted octanol–water partition coefficient (Wildman–Crippen LogP) is 5.26. The highest BCUT2D eigenvalue weighted by Crippen LogP contribution is 2.26. The second-order valence-electron chi connectivity index (χ2n) is 5.62. The molecule has 3 aromatic rings. The van der Waals surface area contributed by atoms with Crippen molar-refractivity contribution in [3.63, 3.8) is 0 Å². The second kappa shape index (κ2) is 7.05. The van der Waals surface area contributed by atoms with Gasteiger partial charge in [-0.2, -0.15) is 0 Å². The molecule has 0 amide bonds. The molecule has 0 radical (unpaired) electrons. The number of anilines is 2. The second-order valence-corrected chi connectivity index (χ2v) is 9.16. The Bertz CT molecular complexity index is 914. The summed E-state index contributed by atoms with van der Waals surface area (Å²) in [7, 11) is 0. The maximum atomic E-state index is 5.49. The molecule has 1 aliphatic heterocycles. The molecule has 0 aliphatic carbocycles. The lowest BCUT2D eigenvalue weighted by molar-refractivity contribution is 0.190. The van der Waals surface area contributed by atoms with E-state index in [1.807, 2.05) is 40.3 Å². The van der Waals surface area contributed by atoms with Crippen molar-refractivity contribution >= 4 is 61.6 Å². The van der Waals surface area contributed by atoms with E-state index < -0.39 is 0 Å². The van der Waals surface area contributed by atoms with Crippen molar-refractivity contribution < 1.29 is 0 Å². The highest BCUT2D eigenvalue weighted by molar-refractivity contribution is 9.10. The smallest absolute Gasteiger partial charge is 0.209 e. The van der Waals surface area contributed by atoms with Gasteiger partial charge in [-0.15, -0.1) is 16.4 Å². The Balaban J connectivity index is 1.47. The van der Waals surface area contributed by atoms with E-state index in [-0.39, 0.29) is 0 Å². The van der Waals surface area contributed by atoms with Gasteiger partial charge in [-0.05, 0) is 53.8 Å². The van der Waals surface area contributed by atoms with Crippen LogP contribution in [0.15, 0.2) is 40.2 Å². The highest BCUT2D eigenvalue weighted by Gasteiger charge is 2.18. The maximum absolute atomic E-state index is 5.49. The number of aromatic nitrogens is 2. The van der Waals surface area contributed by atoms with Crippen LogP contribution >= 0.6 is 50.8 Å². The van der Waals surface area contributed by atoms with Crippen molar-refractivity contribution in [2.24, 2.45) is 0 Å². The van der Waals surface area contributed by atoms with E-state index in [1.54, 1.807) is 0 Å². The van der Waals surface area contributed by atoms with E-state index in [1.165, 1.54) is 21.8 Å². The topological polar surface area (TPSA) is 33.1 Å². The van der Waals surface area contributed by atoms with Crippen LogP contribution in [0.5, 0.6) is 0 Å². The van der Waals surface area contributed by atoms with Crippen LogP contribution in [0.3, 0.4) is 0 Å². The molecule has 24 heavy (non-hydrogen) atoms. The average molecular weight is 439 g/mol. The van der Waals surface area contributed by atoms with Crippen molar-refractivity contribution in [3.05, 3.63) is 54.6 Å². The number of nitrogens with one attached hydrogen (secondary N) is 1. The summed E-state index contributed by atoms with van der Waals surface area (Å²) < 4.78 is 3.75. The third-order valence-corrected chi connectivity index (χ3v) is 6.64. The summed E-state index contributed by atoms with van der Waals surface area (Å²) in [5, 5.41) is 11.0. The summed E-state index contributed by atoms with van der Waals surface area (Å²) in [5.74, 6) is 0. The minimum absolute atomic E-state index is 0.741. The summed E-state index contributed by atoms with van der Waals surface area (Å²) in [5.41, 5.74) is 2.45. The first kappa shape index (κ1) is 16.4. The van der Waals surface area contributed by atoms with Gasteiger partial charge in [-0.25, -0.2) is 4.68 Å². The first-order valence-electron chi connectivity index (χ1n) is 7.55. The Morgan fingerprint density at radius 2 is 2.25 bits per heavy atom. The molecule has 4 nitrogen and oxygen atoms in total. The van der Waals surface area contributed by atoms with E-state index in [4.69, 9.17) is 12.2 Å². The molecule has 1 N–H and O–H groups in total. The van der Waals surface area contributed by atoms with Crippen LogP contribution in [0, 0.1) is 3.95 Å². The lowest BCUT2D eigenvalue weighted by Crippen LogP contribution is -2.32. The number of halogens is 1. The molecule has 1 aliphatic rings.